The molecule has 20 heavy (non-hydrogen) atoms. The standard InChI is InChI=1S/C15H27N3O2/c1-11(10-18-9-4-6-12(18)19)17-14(20)13-15(2,3)7-5-8-16-13/h11,13,16H,4-10H2,1-3H3,(H,17,20). The van der Waals surface area contributed by atoms with Gasteiger partial charge in [0, 0.05) is 25.6 Å². The van der Waals surface area contributed by atoms with E-state index >= 15 is 0 Å². The summed E-state index contributed by atoms with van der Waals surface area (Å²) in [5.74, 6) is 0.274. The maximum atomic E-state index is 12.4. The molecular formula is C15H27N3O2. The minimum absolute atomic E-state index is 0.00377. The number of rotatable bonds is 4. The molecule has 0 aromatic rings. The number of amides is 2. The van der Waals surface area contributed by atoms with E-state index in [9.17, 15) is 9.59 Å². The van der Waals surface area contributed by atoms with Gasteiger partial charge in [0.1, 0.15) is 0 Å². The molecule has 0 bridgehead atoms. The molecule has 2 N–H and O–H groups in total. The van der Waals surface area contributed by atoms with E-state index in [0.717, 1.165) is 32.4 Å². The van der Waals surface area contributed by atoms with E-state index in [1.807, 2.05) is 11.8 Å². The highest BCUT2D eigenvalue weighted by molar-refractivity contribution is 5.83. The first-order valence-corrected chi connectivity index (χ1v) is 7.72. The van der Waals surface area contributed by atoms with Crippen LogP contribution in [-0.4, -0.2) is 48.4 Å². The second-order valence-corrected chi connectivity index (χ2v) is 6.83. The highest BCUT2D eigenvalue weighted by Gasteiger charge is 2.37. The molecule has 5 nitrogen and oxygen atoms in total. The summed E-state index contributed by atoms with van der Waals surface area (Å²) in [7, 11) is 0. The third-order valence-corrected chi connectivity index (χ3v) is 4.44. The van der Waals surface area contributed by atoms with Gasteiger partial charge >= 0.3 is 0 Å². The Kier molecular flexibility index (Phi) is 4.68. The summed E-state index contributed by atoms with van der Waals surface area (Å²) >= 11 is 0. The lowest BCUT2D eigenvalue weighted by molar-refractivity contribution is -0.130. The van der Waals surface area contributed by atoms with Crippen LogP contribution in [0.1, 0.15) is 46.5 Å². The van der Waals surface area contributed by atoms with Crippen molar-refractivity contribution in [2.75, 3.05) is 19.6 Å². The third-order valence-electron chi connectivity index (χ3n) is 4.44. The molecule has 2 heterocycles. The molecule has 2 aliphatic rings. The van der Waals surface area contributed by atoms with Gasteiger partial charge in [-0.05, 0) is 38.1 Å². The van der Waals surface area contributed by atoms with Gasteiger partial charge < -0.3 is 15.5 Å². The quantitative estimate of drug-likeness (QED) is 0.804. The lowest BCUT2D eigenvalue weighted by atomic mass is 9.77. The van der Waals surface area contributed by atoms with Gasteiger partial charge in [0.15, 0.2) is 0 Å². The van der Waals surface area contributed by atoms with Gasteiger partial charge in [-0.15, -0.1) is 0 Å². The van der Waals surface area contributed by atoms with Gasteiger partial charge in [0.05, 0.1) is 6.04 Å². The van der Waals surface area contributed by atoms with E-state index < -0.39 is 0 Å². The van der Waals surface area contributed by atoms with Gasteiger partial charge in [-0.1, -0.05) is 13.8 Å². The topological polar surface area (TPSA) is 61.4 Å². The molecule has 2 unspecified atom stereocenters. The van der Waals surface area contributed by atoms with Gasteiger partial charge in [-0.25, -0.2) is 0 Å². The predicted octanol–water partition coefficient (Wildman–Crippen LogP) is 0.892. The van der Waals surface area contributed by atoms with Crippen LogP contribution in [0.15, 0.2) is 0 Å². The van der Waals surface area contributed by atoms with E-state index in [4.69, 9.17) is 0 Å². The second-order valence-electron chi connectivity index (χ2n) is 6.83. The minimum Gasteiger partial charge on any atom is -0.350 e. The van der Waals surface area contributed by atoms with Crippen molar-refractivity contribution >= 4 is 11.8 Å². The second kappa shape index (κ2) is 6.12. The molecule has 2 atom stereocenters. The van der Waals surface area contributed by atoms with Crippen LogP contribution >= 0.6 is 0 Å². The molecule has 114 valence electrons. The fourth-order valence-electron chi connectivity index (χ4n) is 3.26. The van der Waals surface area contributed by atoms with E-state index in [2.05, 4.69) is 24.5 Å². The number of carbonyl (C=O) groups is 2. The largest absolute Gasteiger partial charge is 0.350 e. The van der Waals surface area contributed by atoms with Crippen molar-refractivity contribution in [3.05, 3.63) is 0 Å². The number of nitrogens with one attached hydrogen (secondary N) is 2. The molecule has 2 rings (SSSR count). The first-order valence-electron chi connectivity index (χ1n) is 7.72. The minimum atomic E-state index is -0.132. The number of hydrogen-bond acceptors (Lipinski definition) is 3. The first-order chi connectivity index (χ1) is 9.40. The highest BCUT2D eigenvalue weighted by Crippen LogP contribution is 2.30. The lowest BCUT2D eigenvalue weighted by Crippen LogP contribution is -2.57. The molecule has 2 fully saturated rings. The van der Waals surface area contributed by atoms with Gasteiger partial charge in [-0.3, -0.25) is 9.59 Å². The van der Waals surface area contributed by atoms with Crippen molar-refractivity contribution in [1.82, 2.24) is 15.5 Å². The Balaban J connectivity index is 1.85. The van der Waals surface area contributed by atoms with Crippen molar-refractivity contribution in [2.24, 2.45) is 5.41 Å². The molecule has 2 aliphatic heterocycles. The number of piperidine rings is 1. The molecule has 2 amide bonds. The molecule has 0 radical (unpaired) electrons. The predicted molar refractivity (Wildman–Crippen MR) is 78.2 cm³/mol. The van der Waals surface area contributed by atoms with Crippen LogP contribution in [0.5, 0.6) is 0 Å². The molecule has 2 saturated heterocycles. The van der Waals surface area contributed by atoms with Crippen molar-refractivity contribution in [3.63, 3.8) is 0 Å². The monoisotopic (exact) mass is 281 g/mol. The van der Waals surface area contributed by atoms with Crippen LogP contribution in [0.3, 0.4) is 0 Å². The number of nitrogens with zero attached hydrogens (tertiary/aromatic N) is 1. The molecule has 0 saturated carbocycles. The first kappa shape index (κ1) is 15.3. The summed E-state index contributed by atoms with van der Waals surface area (Å²) in [5, 5.41) is 6.38. The van der Waals surface area contributed by atoms with Gasteiger partial charge in [0.2, 0.25) is 11.8 Å². The Hall–Kier alpha value is -1.10. The van der Waals surface area contributed by atoms with Crippen molar-refractivity contribution in [3.8, 4) is 0 Å². The summed E-state index contributed by atoms with van der Waals surface area (Å²) in [4.78, 5) is 25.9. The van der Waals surface area contributed by atoms with E-state index in [0.29, 0.717) is 13.0 Å². The molecule has 0 aromatic heterocycles. The SMILES string of the molecule is CC(CN1CCCC1=O)NC(=O)C1NCCCC1(C)C. The zero-order chi connectivity index (χ0) is 14.8. The normalized spacial score (nSPS) is 27.4. The summed E-state index contributed by atoms with van der Waals surface area (Å²) in [6.07, 6.45) is 3.78. The van der Waals surface area contributed by atoms with Crippen LogP contribution in [0.25, 0.3) is 0 Å². The van der Waals surface area contributed by atoms with Gasteiger partial charge in [-0.2, -0.15) is 0 Å². The lowest BCUT2D eigenvalue weighted by Gasteiger charge is -2.39. The Bertz CT molecular complexity index is 381. The number of likely N-dealkylation sites (tertiary alicyclic amines) is 1. The number of hydrogen-bond donors (Lipinski definition) is 2. The Morgan fingerprint density at radius 1 is 1.50 bits per heavy atom. The summed E-state index contributed by atoms with van der Waals surface area (Å²) < 4.78 is 0. The van der Waals surface area contributed by atoms with E-state index in [1.54, 1.807) is 0 Å². The van der Waals surface area contributed by atoms with E-state index in [-0.39, 0.29) is 29.3 Å². The summed E-state index contributed by atoms with van der Waals surface area (Å²) in [6.45, 7) is 8.60. The zero-order valence-electron chi connectivity index (χ0n) is 12.9. The number of carbonyl (C=O) groups excluding carboxylic acids is 2. The Labute approximate surface area is 121 Å². The van der Waals surface area contributed by atoms with Crippen LogP contribution in [0, 0.1) is 5.41 Å². The third kappa shape index (κ3) is 3.51. The van der Waals surface area contributed by atoms with Crippen LogP contribution in [0.2, 0.25) is 0 Å². The van der Waals surface area contributed by atoms with Crippen molar-refractivity contribution < 1.29 is 9.59 Å². The summed E-state index contributed by atoms with van der Waals surface area (Å²) in [6, 6.07) is -0.128. The van der Waals surface area contributed by atoms with Crippen LogP contribution in [0.4, 0.5) is 0 Å². The highest BCUT2D eigenvalue weighted by atomic mass is 16.2. The van der Waals surface area contributed by atoms with E-state index in [1.165, 1.54) is 0 Å². The molecule has 0 aliphatic carbocycles. The molecule has 0 aromatic carbocycles. The maximum absolute atomic E-state index is 12.4. The Morgan fingerprint density at radius 3 is 2.85 bits per heavy atom. The van der Waals surface area contributed by atoms with Crippen LogP contribution in [-0.2, 0) is 9.59 Å². The summed E-state index contributed by atoms with van der Waals surface area (Å²) in [5.41, 5.74) is -0.00842. The molecule has 5 heteroatoms. The fraction of sp³-hybridized carbons (Fsp3) is 0.867. The average Bonchev–Trinajstić information content (AvgIpc) is 2.74. The molecular weight excluding hydrogens is 254 g/mol. The van der Waals surface area contributed by atoms with Crippen molar-refractivity contribution in [1.29, 1.82) is 0 Å². The van der Waals surface area contributed by atoms with Crippen LogP contribution < -0.4 is 10.6 Å². The molecule has 0 spiro atoms. The zero-order valence-corrected chi connectivity index (χ0v) is 12.9. The Morgan fingerprint density at radius 2 is 2.25 bits per heavy atom. The average molecular weight is 281 g/mol. The van der Waals surface area contributed by atoms with Crippen molar-refractivity contribution in [2.45, 2.75) is 58.5 Å². The maximum Gasteiger partial charge on any atom is 0.237 e. The fourth-order valence-corrected chi connectivity index (χ4v) is 3.26. The van der Waals surface area contributed by atoms with Gasteiger partial charge in [0.25, 0.3) is 0 Å². The smallest absolute Gasteiger partial charge is 0.237 e.